The largest absolute Gasteiger partial charge is 0.460 e. The number of hydrogen-bond donors (Lipinski definition) is 0. The normalized spacial score (nSPS) is 25.7. The lowest BCUT2D eigenvalue weighted by Gasteiger charge is -2.35. The molecule has 0 aromatic heterocycles. The molecule has 18 heteroatoms. The number of unbranched alkanes of at least 4 members (excludes halogenated alkanes) is 9. The first kappa shape index (κ1) is 61.1. The van der Waals surface area contributed by atoms with E-state index >= 15 is 13.2 Å². The minimum absolute atomic E-state index is 0.00253. The summed E-state index contributed by atoms with van der Waals surface area (Å²) in [5, 5.41) is 0. The summed E-state index contributed by atoms with van der Waals surface area (Å²) >= 11 is 0. The molecule has 6 rings (SSSR count). The maximum absolute atomic E-state index is 15.2. The highest BCUT2D eigenvalue weighted by atomic mass is 19.4. The summed E-state index contributed by atoms with van der Waals surface area (Å²) in [7, 11) is 1.58. The van der Waals surface area contributed by atoms with E-state index in [2.05, 4.69) is 0 Å². The van der Waals surface area contributed by atoms with Gasteiger partial charge in [0, 0.05) is 30.9 Å². The van der Waals surface area contributed by atoms with Crippen molar-refractivity contribution in [1.82, 2.24) is 0 Å². The third-order valence-electron chi connectivity index (χ3n) is 15.5. The number of benzene rings is 2. The number of carbonyl (C=O) groups is 3. The predicted octanol–water partition coefficient (Wildman–Crippen LogP) is 13.2. The van der Waals surface area contributed by atoms with Crippen molar-refractivity contribution in [3.8, 4) is 0 Å². The fourth-order valence-electron chi connectivity index (χ4n) is 11.3. The van der Waals surface area contributed by atoms with Gasteiger partial charge in [-0.15, -0.1) is 0 Å². The molecule has 3 saturated heterocycles. The number of cyclic esters (lactones) is 1. The molecule has 4 aliphatic heterocycles. The van der Waals surface area contributed by atoms with Crippen molar-refractivity contribution < 1.29 is 83.4 Å². The molecule has 0 spiro atoms. The van der Waals surface area contributed by atoms with Crippen LogP contribution in [0.4, 0.5) is 26.3 Å². The molecule has 2 aromatic rings. The van der Waals surface area contributed by atoms with Crippen molar-refractivity contribution in [3.63, 3.8) is 0 Å². The van der Waals surface area contributed by atoms with Gasteiger partial charge in [0.2, 0.25) is 0 Å². The van der Waals surface area contributed by atoms with Gasteiger partial charge in [-0.3, -0.25) is 0 Å². The van der Waals surface area contributed by atoms with Gasteiger partial charge >= 0.3 is 30.3 Å². The molecule has 0 saturated carbocycles. The maximum atomic E-state index is 15.2. The van der Waals surface area contributed by atoms with Crippen molar-refractivity contribution in [2.24, 2.45) is 0 Å². The summed E-state index contributed by atoms with van der Waals surface area (Å²) < 4.78 is 143. The first-order chi connectivity index (χ1) is 36.5. The number of halogens is 6. The number of carbonyl (C=O) groups excluding carboxylic acids is 3. The molecule has 426 valence electrons. The van der Waals surface area contributed by atoms with Crippen molar-refractivity contribution in [2.45, 2.75) is 240 Å². The van der Waals surface area contributed by atoms with Gasteiger partial charge in [-0.05, 0) is 103 Å². The second kappa shape index (κ2) is 29.2. The van der Waals surface area contributed by atoms with Crippen LogP contribution in [0.5, 0.6) is 0 Å². The quantitative estimate of drug-likeness (QED) is 0.0319. The minimum Gasteiger partial charge on any atom is -0.460 e. The van der Waals surface area contributed by atoms with E-state index in [0.29, 0.717) is 32.1 Å². The summed E-state index contributed by atoms with van der Waals surface area (Å²) in [5.74, 6) is -3.52. The Morgan fingerprint density at radius 3 is 1.67 bits per heavy atom. The van der Waals surface area contributed by atoms with Crippen LogP contribution in [0.3, 0.4) is 0 Å². The fraction of sp³-hybridized carbons (Fsp3) is 0.707. The minimum atomic E-state index is -5.26. The van der Waals surface area contributed by atoms with Gasteiger partial charge in [0.1, 0.15) is 25.1 Å². The summed E-state index contributed by atoms with van der Waals surface area (Å²) in [6, 6.07) is 13.0. The molecule has 11 atom stereocenters. The van der Waals surface area contributed by atoms with Gasteiger partial charge in [0.05, 0.1) is 36.6 Å². The first-order valence-electron chi connectivity index (χ1n) is 27.7. The Kier molecular flexibility index (Phi) is 23.5. The molecule has 0 amide bonds. The standard InChI is InChI=1S/C58H80F6O12/c1-5-6-7-20-28-44(74-53(66)55(68-3,57(59,60)61)42-24-16-13-17-25-42)30-22-31-48(76-54(67)56(69-4,58(62,63)64)43-26-18-14-19-27-43)51-37-36-50(75-51)47-35-34-46(70-39-71-47)49-33-32-45(73-49)29-21-12-10-8-9-11-15-23-41-38-40(2)72-52(41)65/h13-14,16-19,24-27,38,40,44-51H,5-12,15,20-23,28-37,39H2,1-4H3/t40-,44-,45+,46-,47+,48-,49-,50+,51+,55-,56-/m0/s1. The summed E-state index contributed by atoms with van der Waals surface area (Å²) in [6.45, 7) is 3.86. The van der Waals surface area contributed by atoms with Crippen LogP contribution < -0.4 is 0 Å². The summed E-state index contributed by atoms with van der Waals surface area (Å²) in [4.78, 5) is 39.8. The smallest absolute Gasteiger partial charge is 0.432 e. The van der Waals surface area contributed by atoms with Crippen LogP contribution >= 0.6 is 0 Å². The third kappa shape index (κ3) is 15.8. The number of ether oxygens (including phenoxy) is 9. The van der Waals surface area contributed by atoms with Gasteiger partial charge in [-0.2, -0.15) is 26.3 Å². The van der Waals surface area contributed by atoms with Gasteiger partial charge in [0.15, 0.2) is 0 Å². The fourth-order valence-corrected chi connectivity index (χ4v) is 11.3. The zero-order chi connectivity index (χ0) is 54.8. The molecule has 0 unspecified atom stereocenters. The number of esters is 3. The molecule has 76 heavy (non-hydrogen) atoms. The van der Waals surface area contributed by atoms with Gasteiger partial charge in [0.25, 0.3) is 11.2 Å². The third-order valence-corrected chi connectivity index (χ3v) is 15.5. The average molecular weight is 1080 g/mol. The van der Waals surface area contributed by atoms with Crippen LogP contribution in [-0.2, 0) is 68.2 Å². The van der Waals surface area contributed by atoms with E-state index in [1.165, 1.54) is 36.4 Å². The molecule has 0 aliphatic carbocycles. The highest BCUT2D eigenvalue weighted by Crippen LogP contribution is 2.46. The van der Waals surface area contributed by atoms with E-state index < -0.39 is 77.1 Å². The second-order valence-corrected chi connectivity index (χ2v) is 20.8. The Hall–Kier alpha value is -4.07. The van der Waals surface area contributed by atoms with E-state index in [4.69, 9.17) is 42.6 Å². The van der Waals surface area contributed by atoms with Crippen LogP contribution in [0.15, 0.2) is 72.3 Å². The van der Waals surface area contributed by atoms with E-state index in [9.17, 15) is 27.6 Å². The van der Waals surface area contributed by atoms with Gasteiger partial charge < -0.3 is 42.6 Å². The highest BCUT2D eigenvalue weighted by Gasteiger charge is 2.65. The van der Waals surface area contributed by atoms with E-state index in [1.807, 2.05) is 19.9 Å². The molecule has 4 aliphatic rings. The lowest BCUT2D eigenvalue weighted by molar-refractivity contribution is -0.280. The molecular formula is C58H80F6O12. The van der Waals surface area contributed by atoms with Crippen LogP contribution in [0, 0.1) is 0 Å². The van der Waals surface area contributed by atoms with E-state index in [0.717, 1.165) is 134 Å². The van der Waals surface area contributed by atoms with Gasteiger partial charge in [-0.1, -0.05) is 125 Å². The molecule has 4 heterocycles. The van der Waals surface area contributed by atoms with Crippen LogP contribution in [0.1, 0.15) is 173 Å². The zero-order valence-electron chi connectivity index (χ0n) is 44.7. The van der Waals surface area contributed by atoms with E-state index in [-0.39, 0.29) is 62.9 Å². The topological polar surface area (TPSA) is 134 Å². The van der Waals surface area contributed by atoms with Crippen LogP contribution in [-0.4, -0.2) is 106 Å². The Labute approximate surface area is 444 Å². The molecule has 0 bridgehead atoms. The Balaban J connectivity index is 1.06. The lowest BCUT2D eigenvalue weighted by atomic mass is 9.92. The summed E-state index contributed by atoms with van der Waals surface area (Å²) in [6.07, 6.45) is 3.40. The second-order valence-electron chi connectivity index (χ2n) is 20.8. The van der Waals surface area contributed by atoms with Crippen molar-refractivity contribution in [3.05, 3.63) is 83.4 Å². The molecule has 0 radical (unpaired) electrons. The number of rotatable bonds is 30. The Bertz CT molecular complexity index is 2110. The predicted molar refractivity (Wildman–Crippen MR) is 270 cm³/mol. The number of alkyl halides is 6. The SMILES string of the molecule is CCCCCC[C@@H](CCC[C@H](OC(=O)[C@@](OC)(c1ccccc1)C(F)(F)F)[C@H]1CC[C@H]([C@H]2CC[C@@H]([C@@H]3CC[C@@H](CCCCCCCCCC4=C[C@H](C)OC4=O)O3)OCO2)O1)OC(=O)[C@@](OC)(c1ccccc1)C(F)(F)F. The van der Waals surface area contributed by atoms with Crippen LogP contribution in [0.2, 0.25) is 0 Å². The van der Waals surface area contributed by atoms with Crippen molar-refractivity contribution in [1.29, 1.82) is 0 Å². The van der Waals surface area contributed by atoms with Crippen molar-refractivity contribution in [2.75, 3.05) is 21.0 Å². The molecule has 3 fully saturated rings. The molecule has 2 aromatic carbocycles. The maximum Gasteiger partial charge on any atom is 0.432 e. The number of hydrogen-bond acceptors (Lipinski definition) is 12. The van der Waals surface area contributed by atoms with E-state index in [1.54, 1.807) is 0 Å². The zero-order valence-corrected chi connectivity index (χ0v) is 44.7. The molecule has 0 N–H and O–H groups in total. The Morgan fingerprint density at radius 2 is 1.12 bits per heavy atom. The van der Waals surface area contributed by atoms with Gasteiger partial charge in [-0.25, -0.2) is 14.4 Å². The Morgan fingerprint density at radius 1 is 0.605 bits per heavy atom. The highest BCUT2D eigenvalue weighted by molar-refractivity contribution is 5.90. The monoisotopic (exact) mass is 1080 g/mol. The first-order valence-corrected chi connectivity index (χ1v) is 27.7. The average Bonchev–Trinajstić information content (AvgIpc) is 4.12. The molecular weight excluding hydrogens is 1000 g/mol. The number of methoxy groups -OCH3 is 2. The summed E-state index contributed by atoms with van der Waals surface area (Å²) in [5.41, 5.74) is -7.06. The van der Waals surface area contributed by atoms with Crippen LogP contribution in [0.25, 0.3) is 0 Å². The lowest BCUT2D eigenvalue weighted by Crippen LogP contribution is -2.53. The van der Waals surface area contributed by atoms with Crippen molar-refractivity contribution >= 4 is 17.9 Å². The molecule has 12 nitrogen and oxygen atoms in total.